The summed E-state index contributed by atoms with van der Waals surface area (Å²) in [5, 5.41) is 3.09. The molecule has 134 valence electrons. The van der Waals surface area contributed by atoms with Gasteiger partial charge in [-0.3, -0.25) is 9.69 Å². The lowest BCUT2D eigenvalue weighted by atomic mass is 9.99. The van der Waals surface area contributed by atoms with Gasteiger partial charge in [0.2, 0.25) is 0 Å². The van der Waals surface area contributed by atoms with E-state index in [2.05, 4.69) is 36.2 Å². The van der Waals surface area contributed by atoms with E-state index in [4.69, 9.17) is 4.74 Å². The van der Waals surface area contributed by atoms with Crippen LogP contribution in [0.5, 0.6) is 0 Å². The number of carbonyl (C=O) groups is 1. The molecule has 1 fully saturated rings. The predicted octanol–water partition coefficient (Wildman–Crippen LogP) is 3.47. The smallest absolute Gasteiger partial charge is 0.251 e. The summed E-state index contributed by atoms with van der Waals surface area (Å²) in [7, 11) is 0. The Kier molecular flexibility index (Phi) is 8.26. The van der Waals surface area contributed by atoms with Crippen LogP contribution in [0.15, 0.2) is 24.3 Å². The molecule has 1 amide bonds. The fourth-order valence-corrected chi connectivity index (χ4v) is 3.06. The SMILES string of the molecule is CCCC[C@H](CC)CNC(=O)c1ccc(CN2CCOCC2)cc1. The Morgan fingerprint density at radius 3 is 2.54 bits per heavy atom. The fraction of sp³-hybridized carbons (Fsp3) is 0.650. The van der Waals surface area contributed by atoms with Crippen molar-refractivity contribution in [2.45, 2.75) is 46.1 Å². The number of nitrogens with one attached hydrogen (secondary N) is 1. The van der Waals surface area contributed by atoms with Crippen molar-refractivity contribution in [1.82, 2.24) is 10.2 Å². The summed E-state index contributed by atoms with van der Waals surface area (Å²) in [5.41, 5.74) is 2.01. The molecule has 0 unspecified atom stereocenters. The highest BCUT2D eigenvalue weighted by Gasteiger charge is 2.12. The molecular formula is C20H32N2O2. The lowest BCUT2D eigenvalue weighted by Crippen LogP contribution is -2.35. The molecule has 4 nitrogen and oxygen atoms in total. The number of benzene rings is 1. The third kappa shape index (κ3) is 6.25. The topological polar surface area (TPSA) is 41.6 Å². The average Bonchev–Trinajstić information content (AvgIpc) is 2.63. The van der Waals surface area contributed by atoms with E-state index in [1.54, 1.807) is 0 Å². The molecule has 0 radical (unpaired) electrons. The molecule has 0 aliphatic carbocycles. The minimum Gasteiger partial charge on any atom is -0.379 e. The maximum atomic E-state index is 12.3. The molecular weight excluding hydrogens is 300 g/mol. The highest BCUT2D eigenvalue weighted by molar-refractivity contribution is 5.94. The molecule has 0 spiro atoms. The standard InChI is InChI=1S/C20H32N2O2/c1-3-5-6-17(4-2)15-21-20(23)19-9-7-18(8-10-19)16-22-11-13-24-14-12-22/h7-10,17H,3-6,11-16H2,1-2H3,(H,21,23)/t17-/m0/s1. The van der Waals surface area contributed by atoms with E-state index in [0.717, 1.165) is 51.4 Å². The summed E-state index contributed by atoms with van der Waals surface area (Å²) >= 11 is 0. The number of hydrogen-bond donors (Lipinski definition) is 1. The highest BCUT2D eigenvalue weighted by Crippen LogP contribution is 2.12. The second-order valence-corrected chi connectivity index (χ2v) is 6.71. The highest BCUT2D eigenvalue weighted by atomic mass is 16.5. The maximum absolute atomic E-state index is 12.3. The second-order valence-electron chi connectivity index (χ2n) is 6.71. The van der Waals surface area contributed by atoms with Crippen molar-refractivity contribution in [3.63, 3.8) is 0 Å². The molecule has 0 saturated carbocycles. The minimum atomic E-state index is 0.0443. The van der Waals surface area contributed by atoms with Crippen LogP contribution < -0.4 is 5.32 Å². The van der Waals surface area contributed by atoms with Gasteiger partial charge in [0, 0.05) is 31.7 Å². The van der Waals surface area contributed by atoms with Gasteiger partial charge in [-0.1, -0.05) is 45.2 Å². The van der Waals surface area contributed by atoms with Gasteiger partial charge in [0.1, 0.15) is 0 Å². The Bertz CT molecular complexity index is 481. The Balaban J connectivity index is 1.79. The minimum absolute atomic E-state index is 0.0443. The van der Waals surface area contributed by atoms with E-state index in [9.17, 15) is 4.79 Å². The zero-order valence-electron chi connectivity index (χ0n) is 15.2. The summed E-state index contributed by atoms with van der Waals surface area (Å²) in [5.74, 6) is 0.636. The van der Waals surface area contributed by atoms with Crippen LogP contribution in [-0.4, -0.2) is 43.7 Å². The van der Waals surface area contributed by atoms with Gasteiger partial charge in [0.25, 0.3) is 5.91 Å². The molecule has 2 rings (SSSR count). The normalized spacial score (nSPS) is 16.8. The number of ether oxygens (including phenoxy) is 1. The van der Waals surface area contributed by atoms with Gasteiger partial charge in [-0.25, -0.2) is 0 Å². The Hall–Kier alpha value is -1.39. The lowest BCUT2D eigenvalue weighted by molar-refractivity contribution is 0.0342. The zero-order valence-corrected chi connectivity index (χ0v) is 15.2. The van der Waals surface area contributed by atoms with Crippen molar-refractivity contribution in [2.75, 3.05) is 32.8 Å². The first kappa shape index (κ1) is 18.9. The van der Waals surface area contributed by atoms with Crippen LogP contribution in [0, 0.1) is 5.92 Å². The van der Waals surface area contributed by atoms with Crippen LogP contribution in [0.4, 0.5) is 0 Å². The van der Waals surface area contributed by atoms with E-state index in [1.807, 2.05) is 12.1 Å². The molecule has 24 heavy (non-hydrogen) atoms. The van der Waals surface area contributed by atoms with E-state index in [1.165, 1.54) is 24.8 Å². The van der Waals surface area contributed by atoms with Gasteiger partial charge in [-0.05, 0) is 30.0 Å². The molecule has 1 aromatic rings. The Morgan fingerprint density at radius 2 is 1.92 bits per heavy atom. The van der Waals surface area contributed by atoms with E-state index in [0.29, 0.717) is 5.92 Å². The molecule has 4 heteroatoms. The molecule has 1 atom stereocenters. The predicted molar refractivity (Wildman–Crippen MR) is 98.2 cm³/mol. The van der Waals surface area contributed by atoms with Gasteiger partial charge >= 0.3 is 0 Å². The van der Waals surface area contributed by atoms with Crippen LogP contribution >= 0.6 is 0 Å². The third-order valence-corrected chi connectivity index (χ3v) is 4.82. The quantitative estimate of drug-likeness (QED) is 0.753. The Morgan fingerprint density at radius 1 is 1.21 bits per heavy atom. The van der Waals surface area contributed by atoms with Crippen molar-refractivity contribution in [2.24, 2.45) is 5.92 Å². The summed E-state index contributed by atoms with van der Waals surface area (Å²) in [6.45, 7) is 9.73. The van der Waals surface area contributed by atoms with E-state index in [-0.39, 0.29) is 5.91 Å². The fourth-order valence-electron chi connectivity index (χ4n) is 3.06. The monoisotopic (exact) mass is 332 g/mol. The van der Waals surface area contributed by atoms with Crippen molar-refractivity contribution in [3.05, 3.63) is 35.4 Å². The van der Waals surface area contributed by atoms with Crippen molar-refractivity contribution < 1.29 is 9.53 Å². The lowest BCUT2D eigenvalue weighted by Gasteiger charge is -2.26. The molecule has 0 aromatic heterocycles. The summed E-state index contributed by atoms with van der Waals surface area (Å²) in [4.78, 5) is 14.7. The average molecular weight is 332 g/mol. The summed E-state index contributed by atoms with van der Waals surface area (Å²) in [6.07, 6.45) is 4.78. The van der Waals surface area contributed by atoms with Crippen LogP contribution in [0.25, 0.3) is 0 Å². The number of unbranched alkanes of at least 4 members (excludes halogenated alkanes) is 1. The zero-order chi connectivity index (χ0) is 17.2. The molecule has 1 aliphatic rings. The van der Waals surface area contributed by atoms with Crippen LogP contribution in [0.1, 0.15) is 55.5 Å². The molecule has 1 saturated heterocycles. The molecule has 1 N–H and O–H groups in total. The summed E-state index contributed by atoms with van der Waals surface area (Å²) < 4.78 is 5.37. The van der Waals surface area contributed by atoms with Crippen LogP contribution in [0.2, 0.25) is 0 Å². The van der Waals surface area contributed by atoms with Gasteiger partial charge in [-0.2, -0.15) is 0 Å². The first-order valence-electron chi connectivity index (χ1n) is 9.40. The van der Waals surface area contributed by atoms with Gasteiger partial charge in [0.05, 0.1) is 13.2 Å². The van der Waals surface area contributed by atoms with Crippen molar-refractivity contribution in [1.29, 1.82) is 0 Å². The number of nitrogens with zero attached hydrogens (tertiary/aromatic N) is 1. The van der Waals surface area contributed by atoms with Gasteiger partial charge in [-0.15, -0.1) is 0 Å². The first-order chi connectivity index (χ1) is 11.7. The summed E-state index contributed by atoms with van der Waals surface area (Å²) in [6, 6.07) is 8.02. The molecule has 1 aromatic carbocycles. The van der Waals surface area contributed by atoms with Gasteiger partial charge < -0.3 is 10.1 Å². The number of hydrogen-bond acceptors (Lipinski definition) is 3. The number of carbonyl (C=O) groups excluding carboxylic acids is 1. The maximum Gasteiger partial charge on any atom is 0.251 e. The Labute approximate surface area is 146 Å². The van der Waals surface area contributed by atoms with Crippen molar-refractivity contribution >= 4 is 5.91 Å². The first-order valence-corrected chi connectivity index (χ1v) is 9.40. The van der Waals surface area contributed by atoms with Gasteiger partial charge in [0.15, 0.2) is 0 Å². The largest absolute Gasteiger partial charge is 0.379 e. The third-order valence-electron chi connectivity index (χ3n) is 4.82. The van der Waals surface area contributed by atoms with E-state index >= 15 is 0 Å². The second kappa shape index (κ2) is 10.5. The number of amides is 1. The van der Waals surface area contributed by atoms with Crippen LogP contribution in [-0.2, 0) is 11.3 Å². The van der Waals surface area contributed by atoms with Crippen LogP contribution in [0.3, 0.4) is 0 Å². The molecule has 1 heterocycles. The molecule has 1 aliphatic heterocycles. The number of rotatable bonds is 9. The van der Waals surface area contributed by atoms with E-state index < -0.39 is 0 Å². The number of morpholine rings is 1. The van der Waals surface area contributed by atoms with Crippen molar-refractivity contribution in [3.8, 4) is 0 Å². The molecule has 0 bridgehead atoms.